The maximum absolute atomic E-state index is 10.8. The first-order valence-corrected chi connectivity index (χ1v) is 11.7. The minimum Gasteiger partial charge on any atom is -0.364 e. The van der Waals surface area contributed by atoms with E-state index in [4.69, 9.17) is 20.3 Å². The largest absolute Gasteiger partial charge is 0.469 e. The highest BCUT2D eigenvalue weighted by Gasteiger charge is 2.24. The molecular formula is C21H28NO5PS. The summed E-state index contributed by atoms with van der Waals surface area (Å²) in [6, 6.07) is 12.3. The van der Waals surface area contributed by atoms with Crippen molar-refractivity contribution in [1.29, 1.82) is 0 Å². The lowest BCUT2D eigenvalue weighted by Gasteiger charge is -2.24. The van der Waals surface area contributed by atoms with E-state index in [-0.39, 0.29) is 6.61 Å². The first-order valence-electron chi connectivity index (χ1n) is 9.39. The van der Waals surface area contributed by atoms with Gasteiger partial charge < -0.3 is 20.3 Å². The number of nitrogens with two attached hydrogens (primary N) is 1. The third-order valence-corrected chi connectivity index (χ3v) is 5.78. The van der Waals surface area contributed by atoms with Crippen LogP contribution in [0.25, 0.3) is 0 Å². The van der Waals surface area contributed by atoms with Crippen molar-refractivity contribution in [1.82, 2.24) is 0 Å². The van der Waals surface area contributed by atoms with E-state index < -0.39 is 13.4 Å². The molecule has 2 aromatic rings. The van der Waals surface area contributed by atoms with Gasteiger partial charge in [0.2, 0.25) is 0 Å². The lowest BCUT2D eigenvalue weighted by Crippen LogP contribution is -2.41. The molecule has 1 aromatic carbocycles. The maximum Gasteiger partial charge on any atom is 0.469 e. The number of aryl methyl sites for hydroxylation is 2. The average Bonchev–Trinajstić information content (AvgIpc) is 3.13. The fourth-order valence-electron chi connectivity index (χ4n) is 2.51. The van der Waals surface area contributed by atoms with Crippen LogP contribution < -0.4 is 5.73 Å². The second-order valence-electron chi connectivity index (χ2n) is 7.15. The van der Waals surface area contributed by atoms with E-state index in [0.29, 0.717) is 26.1 Å². The van der Waals surface area contributed by atoms with E-state index in [2.05, 4.69) is 47.6 Å². The summed E-state index contributed by atoms with van der Waals surface area (Å²) >= 11 is 1.58. The minimum atomic E-state index is -4.50. The monoisotopic (exact) mass is 437 g/mol. The molecule has 1 atom stereocenters. The highest BCUT2D eigenvalue weighted by Crippen LogP contribution is 2.37. The SMILES string of the molecule is CCc1ccc(COCC#Cc2ccc(CCC(C)(N)COP(=O)(O)O)s2)cc1. The fourth-order valence-corrected chi connectivity index (χ4v) is 3.85. The van der Waals surface area contributed by atoms with Crippen molar-refractivity contribution >= 4 is 19.2 Å². The van der Waals surface area contributed by atoms with Crippen molar-refractivity contribution in [3.05, 3.63) is 57.3 Å². The maximum atomic E-state index is 10.8. The molecule has 2 rings (SSSR count). The molecule has 0 radical (unpaired) electrons. The van der Waals surface area contributed by atoms with Gasteiger partial charge in [-0.2, -0.15) is 0 Å². The molecule has 1 aromatic heterocycles. The van der Waals surface area contributed by atoms with E-state index in [9.17, 15) is 4.57 Å². The Morgan fingerprint density at radius 3 is 2.52 bits per heavy atom. The van der Waals surface area contributed by atoms with Crippen molar-refractivity contribution < 1.29 is 23.6 Å². The molecule has 0 bridgehead atoms. The van der Waals surface area contributed by atoms with Gasteiger partial charge in [-0.05, 0) is 49.4 Å². The van der Waals surface area contributed by atoms with Crippen LogP contribution in [0.15, 0.2) is 36.4 Å². The molecule has 4 N–H and O–H groups in total. The Hall–Kier alpha value is -1.49. The van der Waals surface area contributed by atoms with Gasteiger partial charge in [0.05, 0.1) is 18.1 Å². The highest BCUT2D eigenvalue weighted by atomic mass is 32.1. The zero-order chi connectivity index (χ0) is 21.3. The lowest BCUT2D eigenvalue weighted by atomic mass is 9.98. The molecule has 29 heavy (non-hydrogen) atoms. The summed E-state index contributed by atoms with van der Waals surface area (Å²) in [5.41, 5.74) is 7.67. The molecule has 0 aliphatic carbocycles. The van der Waals surface area contributed by atoms with Crippen molar-refractivity contribution in [3.8, 4) is 11.8 Å². The number of rotatable bonds is 10. The van der Waals surface area contributed by atoms with Gasteiger partial charge in [-0.3, -0.25) is 4.52 Å². The standard InChI is InChI=1S/C21H28NO5PS/c1-3-17-6-8-18(9-7-17)15-26-14-4-5-19-10-11-20(29-19)12-13-21(2,22)16-27-28(23,24)25/h6-11H,3,12-16,22H2,1-2H3,(H2,23,24,25). The Bertz CT molecular complexity index is 876. The van der Waals surface area contributed by atoms with Crippen LogP contribution >= 0.6 is 19.2 Å². The first kappa shape index (κ1) is 23.8. The molecule has 1 heterocycles. The van der Waals surface area contributed by atoms with E-state index in [1.807, 2.05) is 12.1 Å². The second kappa shape index (κ2) is 11.1. The Morgan fingerprint density at radius 1 is 1.17 bits per heavy atom. The van der Waals surface area contributed by atoms with Gasteiger partial charge in [0, 0.05) is 10.4 Å². The Labute approximate surface area is 176 Å². The summed E-state index contributed by atoms with van der Waals surface area (Å²) < 4.78 is 20.9. The van der Waals surface area contributed by atoms with Gasteiger partial charge in [-0.15, -0.1) is 11.3 Å². The predicted molar refractivity (Wildman–Crippen MR) is 116 cm³/mol. The number of ether oxygens (including phenoxy) is 1. The third kappa shape index (κ3) is 9.70. The topological polar surface area (TPSA) is 102 Å². The molecule has 158 valence electrons. The molecule has 0 aliphatic rings. The van der Waals surface area contributed by atoms with Crippen LogP contribution in [-0.4, -0.2) is 28.5 Å². The van der Waals surface area contributed by atoms with Crippen LogP contribution in [0.2, 0.25) is 0 Å². The molecule has 8 heteroatoms. The highest BCUT2D eigenvalue weighted by molar-refractivity contribution is 7.46. The van der Waals surface area contributed by atoms with Crippen LogP contribution in [-0.2, 0) is 33.3 Å². The van der Waals surface area contributed by atoms with E-state index in [0.717, 1.165) is 21.7 Å². The van der Waals surface area contributed by atoms with E-state index >= 15 is 0 Å². The van der Waals surface area contributed by atoms with Crippen molar-refractivity contribution in [2.24, 2.45) is 5.73 Å². The molecule has 6 nitrogen and oxygen atoms in total. The zero-order valence-electron chi connectivity index (χ0n) is 16.8. The van der Waals surface area contributed by atoms with Gasteiger partial charge in [0.15, 0.2) is 0 Å². The quantitative estimate of drug-likeness (QED) is 0.298. The summed E-state index contributed by atoms with van der Waals surface area (Å²) in [5, 5.41) is 0. The first-order chi connectivity index (χ1) is 13.7. The number of benzene rings is 1. The predicted octanol–water partition coefficient (Wildman–Crippen LogP) is 3.64. The summed E-state index contributed by atoms with van der Waals surface area (Å²) in [6.07, 6.45) is 2.26. The summed E-state index contributed by atoms with van der Waals surface area (Å²) in [5.74, 6) is 6.12. The van der Waals surface area contributed by atoms with Crippen LogP contribution in [0.3, 0.4) is 0 Å². The van der Waals surface area contributed by atoms with Gasteiger partial charge in [-0.25, -0.2) is 4.57 Å². The summed E-state index contributed by atoms with van der Waals surface area (Å²) in [6.45, 7) is 4.55. The van der Waals surface area contributed by atoms with Crippen LogP contribution in [0.5, 0.6) is 0 Å². The van der Waals surface area contributed by atoms with E-state index in [1.54, 1.807) is 18.3 Å². The molecule has 0 amide bonds. The summed E-state index contributed by atoms with van der Waals surface area (Å²) in [7, 11) is -4.50. The van der Waals surface area contributed by atoms with Crippen molar-refractivity contribution in [2.75, 3.05) is 13.2 Å². The fraction of sp³-hybridized carbons (Fsp3) is 0.429. The number of phosphoric ester groups is 1. The Morgan fingerprint density at radius 2 is 1.86 bits per heavy atom. The molecular weight excluding hydrogens is 409 g/mol. The van der Waals surface area contributed by atoms with Gasteiger partial charge in [-0.1, -0.05) is 43.0 Å². The molecule has 0 aliphatic heterocycles. The van der Waals surface area contributed by atoms with Crippen LogP contribution in [0, 0.1) is 11.8 Å². The number of thiophene rings is 1. The smallest absolute Gasteiger partial charge is 0.364 e. The summed E-state index contributed by atoms with van der Waals surface area (Å²) in [4.78, 5) is 19.6. The third-order valence-electron chi connectivity index (χ3n) is 4.25. The van der Waals surface area contributed by atoms with Crippen molar-refractivity contribution in [2.45, 2.75) is 45.3 Å². The number of hydrogen-bond acceptors (Lipinski definition) is 5. The minimum absolute atomic E-state index is 0.201. The second-order valence-corrected chi connectivity index (χ2v) is 9.56. The van der Waals surface area contributed by atoms with Crippen LogP contribution in [0.4, 0.5) is 0 Å². The number of hydrogen-bond donors (Lipinski definition) is 3. The molecule has 0 fully saturated rings. The molecule has 0 saturated carbocycles. The van der Waals surface area contributed by atoms with Gasteiger partial charge in [0.25, 0.3) is 0 Å². The Kier molecular flexibility index (Phi) is 9.06. The molecule has 1 unspecified atom stereocenters. The van der Waals surface area contributed by atoms with Gasteiger partial charge >= 0.3 is 7.82 Å². The number of phosphoric acid groups is 1. The van der Waals surface area contributed by atoms with Crippen LogP contribution in [0.1, 0.15) is 41.1 Å². The zero-order valence-corrected chi connectivity index (χ0v) is 18.5. The average molecular weight is 437 g/mol. The van der Waals surface area contributed by atoms with Gasteiger partial charge in [0.1, 0.15) is 6.61 Å². The van der Waals surface area contributed by atoms with E-state index in [1.165, 1.54) is 5.56 Å². The normalized spacial score (nSPS) is 13.6. The Balaban J connectivity index is 1.73. The molecule has 0 saturated heterocycles. The lowest BCUT2D eigenvalue weighted by molar-refractivity contribution is 0.153. The molecule has 0 spiro atoms. The van der Waals surface area contributed by atoms with Crippen molar-refractivity contribution in [3.63, 3.8) is 0 Å².